The van der Waals surface area contributed by atoms with Crippen molar-refractivity contribution in [1.82, 2.24) is 5.01 Å². The molecule has 1 atom stereocenters. The number of hydrogen-bond donors (Lipinski definition) is 1. The first-order valence-corrected chi connectivity index (χ1v) is 4.96. The van der Waals surface area contributed by atoms with Crippen molar-refractivity contribution in [2.24, 2.45) is 11.8 Å². The molecule has 10 heavy (non-hydrogen) atoms. The molecular weight excluding hydrogens is 144 g/mol. The van der Waals surface area contributed by atoms with Gasteiger partial charge in [0.1, 0.15) is 0 Å². The highest BCUT2D eigenvalue weighted by atomic mass is 32.2. The molecule has 60 valence electrons. The number of hydrazine groups is 1. The molecule has 1 unspecified atom stereocenters. The van der Waals surface area contributed by atoms with Crippen LogP contribution < -0.4 is 5.84 Å². The second-order valence-corrected chi connectivity index (χ2v) is 4.27. The first-order valence-electron chi connectivity index (χ1n) is 3.81. The van der Waals surface area contributed by atoms with E-state index >= 15 is 0 Å². The van der Waals surface area contributed by atoms with Crippen molar-refractivity contribution in [2.45, 2.75) is 19.9 Å². The summed E-state index contributed by atoms with van der Waals surface area (Å²) >= 11 is 2.01. The second-order valence-electron chi connectivity index (χ2n) is 3.12. The van der Waals surface area contributed by atoms with Crippen molar-refractivity contribution in [1.29, 1.82) is 0 Å². The summed E-state index contributed by atoms with van der Waals surface area (Å²) in [6.45, 7) is 5.51. The van der Waals surface area contributed by atoms with E-state index in [9.17, 15) is 0 Å². The molecular formula is C7H16N2S. The summed E-state index contributed by atoms with van der Waals surface area (Å²) in [7, 11) is 0. The van der Waals surface area contributed by atoms with Gasteiger partial charge in [-0.2, -0.15) is 11.8 Å². The quantitative estimate of drug-likeness (QED) is 0.579. The molecule has 1 saturated heterocycles. The van der Waals surface area contributed by atoms with Gasteiger partial charge in [-0.15, -0.1) is 0 Å². The number of rotatable bonds is 1. The van der Waals surface area contributed by atoms with Gasteiger partial charge in [0.2, 0.25) is 0 Å². The fourth-order valence-corrected chi connectivity index (χ4v) is 2.54. The molecule has 0 spiro atoms. The van der Waals surface area contributed by atoms with E-state index in [0.717, 1.165) is 6.54 Å². The van der Waals surface area contributed by atoms with E-state index in [0.29, 0.717) is 12.0 Å². The maximum atomic E-state index is 5.80. The lowest BCUT2D eigenvalue weighted by atomic mass is 10.1. The molecule has 2 nitrogen and oxygen atoms in total. The van der Waals surface area contributed by atoms with Crippen LogP contribution in [-0.4, -0.2) is 29.1 Å². The van der Waals surface area contributed by atoms with E-state index in [1.54, 1.807) is 0 Å². The van der Waals surface area contributed by atoms with Crippen LogP contribution in [-0.2, 0) is 0 Å². The zero-order valence-electron chi connectivity index (χ0n) is 6.71. The van der Waals surface area contributed by atoms with Crippen LogP contribution >= 0.6 is 11.8 Å². The predicted molar refractivity (Wildman–Crippen MR) is 46.8 cm³/mol. The van der Waals surface area contributed by atoms with Crippen LogP contribution in [0, 0.1) is 5.92 Å². The fraction of sp³-hybridized carbons (Fsp3) is 1.00. The van der Waals surface area contributed by atoms with Crippen molar-refractivity contribution in [3.63, 3.8) is 0 Å². The monoisotopic (exact) mass is 160 g/mol. The van der Waals surface area contributed by atoms with Gasteiger partial charge >= 0.3 is 0 Å². The smallest absolute Gasteiger partial charge is 0.0354 e. The first-order chi connectivity index (χ1) is 4.72. The minimum Gasteiger partial charge on any atom is -0.268 e. The average molecular weight is 160 g/mol. The lowest BCUT2D eigenvalue weighted by Crippen LogP contribution is -2.49. The minimum absolute atomic E-state index is 0.596. The highest BCUT2D eigenvalue weighted by molar-refractivity contribution is 7.99. The number of thioether (sulfide) groups is 1. The summed E-state index contributed by atoms with van der Waals surface area (Å²) in [6, 6.07) is 0.596. The third-order valence-corrected chi connectivity index (χ3v) is 3.03. The largest absolute Gasteiger partial charge is 0.268 e. The standard InChI is InChI=1S/C7H16N2S/c1-6(2)7-5-10-4-3-9(7)8/h6-7H,3-5,8H2,1-2H3. The Labute approximate surface area is 67.1 Å². The van der Waals surface area contributed by atoms with Gasteiger partial charge in [0.05, 0.1) is 0 Å². The molecule has 2 N–H and O–H groups in total. The van der Waals surface area contributed by atoms with Crippen LogP contribution in [0.1, 0.15) is 13.8 Å². The van der Waals surface area contributed by atoms with Crippen LogP contribution in [0.25, 0.3) is 0 Å². The van der Waals surface area contributed by atoms with Crippen LogP contribution in [0.4, 0.5) is 0 Å². The molecule has 0 saturated carbocycles. The van der Waals surface area contributed by atoms with Gasteiger partial charge in [0.15, 0.2) is 0 Å². The fourth-order valence-electron chi connectivity index (χ4n) is 1.21. The van der Waals surface area contributed by atoms with Crippen LogP contribution in [0.3, 0.4) is 0 Å². The molecule has 0 bridgehead atoms. The number of nitrogens with two attached hydrogens (primary N) is 1. The predicted octanol–water partition coefficient (Wildman–Crippen LogP) is 0.933. The molecule has 0 amide bonds. The highest BCUT2D eigenvalue weighted by Gasteiger charge is 2.22. The van der Waals surface area contributed by atoms with Crippen molar-refractivity contribution >= 4 is 11.8 Å². The zero-order valence-corrected chi connectivity index (χ0v) is 7.53. The molecule has 0 radical (unpaired) electrons. The topological polar surface area (TPSA) is 29.3 Å². The molecule has 0 aromatic rings. The van der Waals surface area contributed by atoms with Gasteiger partial charge in [-0.1, -0.05) is 13.8 Å². The third kappa shape index (κ3) is 1.87. The van der Waals surface area contributed by atoms with Crippen molar-refractivity contribution < 1.29 is 0 Å². The zero-order chi connectivity index (χ0) is 7.56. The normalized spacial score (nSPS) is 29.4. The first kappa shape index (κ1) is 8.37. The second kappa shape index (κ2) is 3.60. The SMILES string of the molecule is CC(C)C1CSCCN1N. The van der Waals surface area contributed by atoms with Gasteiger partial charge in [-0.05, 0) is 5.92 Å². The molecule has 0 aromatic carbocycles. The Bertz CT molecular complexity index is 106. The Morgan fingerprint density at radius 3 is 2.70 bits per heavy atom. The molecule has 3 heteroatoms. The van der Waals surface area contributed by atoms with Crippen molar-refractivity contribution in [3.8, 4) is 0 Å². The van der Waals surface area contributed by atoms with Crippen molar-refractivity contribution in [2.75, 3.05) is 18.1 Å². The summed E-state index contributed by atoms with van der Waals surface area (Å²) in [5.74, 6) is 8.89. The Hall–Kier alpha value is 0.270. The highest BCUT2D eigenvalue weighted by Crippen LogP contribution is 2.18. The van der Waals surface area contributed by atoms with E-state index in [2.05, 4.69) is 13.8 Å². The third-order valence-electron chi connectivity index (χ3n) is 1.98. The van der Waals surface area contributed by atoms with E-state index in [1.165, 1.54) is 11.5 Å². The summed E-state index contributed by atoms with van der Waals surface area (Å²) in [4.78, 5) is 0. The molecule has 1 aliphatic heterocycles. The molecule has 1 fully saturated rings. The van der Waals surface area contributed by atoms with E-state index in [-0.39, 0.29) is 0 Å². The lowest BCUT2D eigenvalue weighted by molar-refractivity contribution is 0.180. The van der Waals surface area contributed by atoms with E-state index in [4.69, 9.17) is 5.84 Å². The Morgan fingerprint density at radius 2 is 2.30 bits per heavy atom. The maximum Gasteiger partial charge on any atom is 0.0354 e. The Kier molecular flexibility index (Phi) is 3.01. The van der Waals surface area contributed by atoms with Crippen LogP contribution in [0.2, 0.25) is 0 Å². The average Bonchev–Trinajstić information content (AvgIpc) is 1.88. The summed E-state index contributed by atoms with van der Waals surface area (Å²) in [6.07, 6.45) is 0. The molecule has 1 rings (SSSR count). The van der Waals surface area contributed by atoms with E-state index < -0.39 is 0 Å². The Morgan fingerprint density at radius 1 is 1.60 bits per heavy atom. The van der Waals surface area contributed by atoms with Gasteiger partial charge < -0.3 is 0 Å². The summed E-state index contributed by atoms with van der Waals surface area (Å²) in [5.41, 5.74) is 0. The van der Waals surface area contributed by atoms with Crippen molar-refractivity contribution in [3.05, 3.63) is 0 Å². The number of hydrogen-bond acceptors (Lipinski definition) is 3. The van der Waals surface area contributed by atoms with Gasteiger partial charge in [0, 0.05) is 24.1 Å². The molecule has 0 aromatic heterocycles. The van der Waals surface area contributed by atoms with Crippen LogP contribution in [0.5, 0.6) is 0 Å². The molecule has 1 heterocycles. The van der Waals surface area contributed by atoms with Crippen LogP contribution in [0.15, 0.2) is 0 Å². The Balaban J connectivity index is 2.40. The summed E-state index contributed by atoms with van der Waals surface area (Å²) in [5, 5.41) is 1.99. The lowest BCUT2D eigenvalue weighted by Gasteiger charge is -2.34. The maximum absolute atomic E-state index is 5.80. The van der Waals surface area contributed by atoms with E-state index in [1.807, 2.05) is 16.8 Å². The molecule has 1 aliphatic rings. The summed E-state index contributed by atoms with van der Waals surface area (Å²) < 4.78 is 0. The van der Waals surface area contributed by atoms with Gasteiger partial charge in [-0.3, -0.25) is 5.84 Å². The number of nitrogens with zero attached hydrogens (tertiary/aromatic N) is 1. The van der Waals surface area contributed by atoms with Gasteiger partial charge in [0.25, 0.3) is 0 Å². The minimum atomic E-state index is 0.596. The molecule has 0 aliphatic carbocycles. The van der Waals surface area contributed by atoms with Gasteiger partial charge in [-0.25, -0.2) is 5.01 Å².